The summed E-state index contributed by atoms with van der Waals surface area (Å²) in [6, 6.07) is 26.9. The first-order valence-electron chi connectivity index (χ1n) is 12.9. The van der Waals surface area contributed by atoms with Crippen LogP contribution in [0.1, 0.15) is 16.7 Å². The second kappa shape index (κ2) is 13.8. The Hall–Kier alpha value is -4.67. The Labute approximate surface area is 249 Å². The van der Waals surface area contributed by atoms with Crippen molar-refractivity contribution in [2.75, 3.05) is 22.8 Å². The molecule has 0 bridgehead atoms. The van der Waals surface area contributed by atoms with Gasteiger partial charge in [-0.3, -0.25) is 13.9 Å². The highest BCUT2D eigenvalue weighted by molar-refractivity contribution is 7.92. The number of ether oxygens (including phenoxy) is 1. The molecule has 0 aliphatic heterocycles. The molecule has 11 heteroatoms. The highest BCUT2D eigenvalue weighted by Gasteiger charge is 2.28. The van der Waals surface area contributed by atoms with E-state index in [2.05, 4.69) is 15.8 Å². The third kappa shape index (κ3) is 8.18. The molecular weight excluding hydrogens is 576 g/mol. The van der Waals surface area contributed by atoms with E-state index in [-0.39, 0.29) is 23.1 Å². The van der Waals surface area contributed by atoms with Crippen molar-refractivity contribution < 1.29 is 22.7 Å². The van der Waals surface area contributed by atoms with Crippen LogP contribution in [0.25, 0.3) is 0 Å². The summed E-state index contributed by atoms with van der Waals surface area (Å²) in [4.78, 5) is 25.0. The monoisotopic (exact) mass is 604 g/mol. The zero-order valence-electron chi connectivity index (χ0n) is 23.0. The summed E-state index contributed by atoms with van der Waals surface area (Å²) in [6.45, 7) is 3.02. The Morgan fingerprint density at radius 2 is 1.60 bits per heavy atom. The number of hydrazone groups is 1. The second-order valence-corrected chi connectivity index (χ2v) is 11.6. The summed E-state index contributed by atoms with van der Waals surface area (Å²) in [7, 11) is -4.08. The van der Waals surface area contributed by atoms with Crippen LogP contribution < -0.4 is 19.8 Å². The van der Waals surface area contributed by atoms with Crippen molar-refractivity contribution in [3.63, 3.8) is 0 Å². The van der Waals surface area contributed by atoms with Crippen LogP contribution >= 0.6 is 11.6 Å². The van der Waals surface area contributed by atoms with Crippen LogP contribution in [0, 0.1) is 13.8 Å². The number of benzene rings is 4. The summed E-state index contributed by atoms with van der Waals surface area (Å²) in [6.07, 6.45) is 1.41. The van der Waals surface area contributed by atoms with Gasteiger partial charge in [0.1, 0.15) is 12.3 Å². The molecule has 4 rings (SSSR count). The Balaban J connectivity index is 1.36. The molecule has 0 heterocycles. The van der Waals surface area contributed by atoms with E-state index in [1.165, 1.54) is 24.4 Å². The normalized spacial score (nSPS) is 11.2. The quantitative estimate of drug-likeness (QED) is 0.177. The number of sulfonamides is 1. The van der Waals surface area contributed by atoms with E-state index in [0.717, 1.165) is 9.87 Å². The lowest BCUT2D eigenvalue weighted by Crippen LogP contribution is -2.40. The molecule has 0 saturated heterocycles. The van der Waals surface area contributed by atoms with Gasteiger partial charge in [0, 0.05) is 10.7 Å². The Morgan fingerprint density at radius 1 is 0.905 bits per heavy atom. The van der Waals surface area contributed by atoms with Gasteiger partial charge in [-0.1, -0.05) is 53.6 Å². The van der Waals surface area contributed by atoms with Gasteiger partial charge < -0.3 is 10.1 Å². The van der Waals surface area contributed by atoms with Gasteiger partial charge in [-0.15, -0.1) is 0 Å². The second-order valence-electron chi connectivity index (χ2n) is 9.32. The molecule has 0 aliphatic rings. The number of nitrogens with one attached hydrogen (secondary N) is 2. The minimum atomic E-state index is -4.08. The number of hydrogen-bond acceptors (Lipinski definition) is 6. The van der Waals surface area contributed by atoms with E-state index >= 15 is 0 Å². The molecular formula is C31H29ClN4O5S. The summed E-state index contributed by atoms with van der Waals surface area (Å²) in [5, 5.41) is 7.06. The Bertz CT molecular complexity index is 1680. The number of halogens is 1. The molecule has 0 atom stereocenters. The summed E-state index contributed by atoms with van der Waals surface area (Å²) >= 11 is 6.15. The molecule has 2 N–H and O–H groups in total. The average molecular weight is 605 g/mol. The van der Waals surface area contributed by atoms with E-state index in [9.17, 15) is 18.0 Å². The van der Waals surface area contributed by atoms with Gasteiger partial charge in [-0.2, -0.15) is 5.10 Å². The highest BCUT2D eigenvalue weighted by atomic mass is 35.5. The van der Waals surface area contributed by atoms with Crippen molar-refractivity contribution in [2.45, 2.75) is 18.7 Å². The van der Waals surface area contributed by atoms with Gasteiger partial charge in [0.15, 0.2) is 6.61 Å². The van der Waals surface area contributed by atoms with Crippen LogP contribution in [-0.4, -0.2) is 39.6 Å². The maximum Gasteiger partial charge on any atom is 0.264 e. The van der Waals surface area contributed by atoms with Gasteiger partial charge in [0.25, 0.3) is 21.8 Å². The topological polar surface area (TPSA) is 117 Å². The summed E-state index contributed by atoms with van der Waals surface area (Å²) < 4.78 is 33.5. The number of carbonyl (C=O) groups is 2. The fraction of sp³-hybridized carbons (Fsp3) is 0.129. The molecule has 4 aromatic carbocycles. The van der Waals surface area contributed by atoms with Crippen LogP contribution in [0.3, 0.4) is 0 Å². The van der Waals surface area contributed by atoms with E-state index in [1.54, 1.807) is 61.5 Å². The third-order valence-electron chi connectivity index (χ3n) is 6.05. The van der Waals surface area contributed by atoms with Crippen molar-refractivity contribution in [1.29, 1.82) is 0 Å². The minimum Gasteiger partial charge on any atom is -0.484 e. The lowest BCUT2D eigenvalue weighted by atomic mass is 10.2. The van der Waals surface area contributed by atoms with Crippen LogP contribution in [0.2, 0.25) is 5.02 Å². The molecule has 9 nitrogen and oxygen atoms in total. The van der Waals surface area contributed by atoms with Crippen molar-refractivity contribution in [3.8, 4) is 5.75 Å². The third-order valence-corrected chi connectivity index (χ3v) is 8.06. The van der Waals surface area contributed by atoms with Crippen molar-refractivity contribution >= 4 is 51.0 Å². The predicted octanol–water partition coefficient (Wildman–Crippen LogP) is 5.32. The van der Waals surface area contributed by atoms with E-state index < -0.39 is 22.5 Å². The van der Waals surface area contributed by atoms with Crippen molar-refractivity contribution in [3.05, 3.63) is 119 Å². The fourth-order valence-electron chi connectivity index (χ4n) is 3.85. The Morgan fingerprint density at radius 3 is 2.29 bits per heavy atom. The van der Waals surface area contributed by atoms with Crippen molar-refractivity contribution in [1.82, 2.24) is 5.43 Å². The first kappa shape index (κ1) is 30.3. The highest BCUT2D eigenvalue weighted by Crippen LogP contribution is 2.29. The molecule has 216 valence electrons. The Kier molecular flexibility index (Phi) is 9.95. The van der Waals surface area contributed by atoms with Gasteiger partial charge >= 0.3 is 0 Å². The number of nitrogens with zero attached hydrogens (tertiary/aromatic N) is 2. The fourth-order valence-corrected chi connectivity index (χ4v) is 5.51. The number of rotatable bonds is 11. The lowest BCUT2D eigenvalue weighted by molar-refractivity contribution is -0.119. The minimum absolute atomic E-state index is 0.0376. The van der Waals surface area contributed by atoms with Gasteiger partial charge in [0.05, 0.1) is 16.8 Å². The van der Waals surface area contributed by atoms with Gasteiger partial charge in [0.2, 0.25) is 0 Å². The molecule has 4 aromatic rings. The maximum atomic E-state index is 13.5. The average Bonchev–Trinajstić information content (AvgIpc) is 2.98. The van der Waals surface area contributed by atoms with Crippen LogP contribution in [0.4, 0.5) is 11.4 Å². The molecule has 0 aliphatic carbocycles. The zero-order valence-corrected chi connectivity index (χ0v) is 24.5. The summed E-state index contributed by atoms with van der Waals surface area (Å²) in [5.74, 6) is -0.456. The molecule has 0 saturated carbocycles. The molecule has 0 fully saturated rings. The number of aryl methyl sites for hydroxylation is 2. The van der Waals surface area contributed by atoms with Gasteiger partial charge in [-0.25, -0.2) is 13.8 Å². The van der Waals surface area contributed by atoms with Crippen LogP contribution in [0.5, 0.6) is 5.75 Å². The molecule has 2 amide bonds. The predicted molar refractivity (Wildman–Crippen MR) is 165 cm³/mol. The molecule has 42 heavy (non-hydrogen) atoms. The standard InChI is InChI=1S/C31H29ClN4O5S/c1-22-8-14-26(15-9-22)34-31(38)21-41-27-16-11-24(12-17-27)19-33-35-30(37)20-36(29-18-25(32)13-10-23(29)2)42(39,40)28-6-4-3-5-7-28/h3-19H,20-21H2,1-2H3,(H,34,38)(H,35,37)/b33-19-. The van der Waals surface area contributed by atoms with Crippen LogP contribution in [0.15, 0.2) is 107 Å². The van der Waals surface area contributed by atoms with Crippen molar-refractivity contribution in [2.24, 2.45) is 5.10 Å². The number of anilines is 2. The molecule has 0 unspecified atom stereocenters. The number of amides is 2. The van der Waals surface area contributed by atoms with Crippen LogP contribution in [-0.2, 0) is 19.6 Å². The number of hydrogen-bond donors (Lipinski definition) is 2. The first-order chi connectivity index (χ1) is 20.1. The summed E-state index contributed by atoms with van der Waals surface area (Å²) in [5.41, 5.74) is 5.72. The van der Waals surface area contributed by atoms with Gasteiger partial charge in [-0.05, 0) is 85.6 Å². The van der Waals surface area contributed by atoms with E-state index in [4.69, 9.17) is 16.3 Å². The zero-order chi connectivity index (χ0) is 30.1. The molecule has 0 spiro atoms. The first-order valence-corrected chi connectivity index (χ1v) is 14.7. The smallest absolute Gasteiger partial charge is 0.264 e. The maximum absolute atomic E-state index is 13.5. The van der Waals surface area contributed by atoms with E-state index in [1.807, 2.05) is 31.2 Å². The molecule has 0 radical (unpaired) electrons. The lowest BCUT2D eigenvalue weighted by Gasteiger charge is -2.25. The molecule has 0 aromatic heterocycles. The largest absolute Gasteiger partial charge is 0.484 e. The number of carbonyl (C=O) groups excluding carboxylic acids is 2. The SMILES string of the molecule is Cc1ccc(NC(=O)COc2ccc(/C=N\NC(=O)CN(c3cc(Cl)ccc3C)S(=O)(=O)c3ccccc3)cc2)cc1. The van der Waals surface area contributed by atoms with E-state index in [0.29, 0.717) is 27.6 Å².